The van der Waals surface area contributed by atoms with Gasteiger partial charge in [-0.3, -0.25) is 0 Å². The van der Waals surface area contributed by atoms with Gasteiger partial charge in [0.15, 0.2) is 0 Å². The van der Waals surface area contributed by atoms with Crippen LogP contribution in [0, 0.1) is 27.7 Å². The van der Waals surface area contributed by atoms with Crippen molar-refractivity contribution < 1.29 is 0 Å². The Labute approximate surface area is 95.9 Å². The van der Waals surface area contributed by atoms with Crippen LogP contribution in [0.1, 0.15) is 22.4 Å². The SMILES string of the molecule is Cc1cc(C)c(-n2nc(C)cc2N)c(C)c1. The van der Waals surface area contributed by atoms with Gasteiger partial charge in [0.25, 0.3) is 0 Å². The molecule has 3 nitrogen and oxygen atoms in total. The summed E-state index contributed by atoms with van der Waals surface area (Å²) in [5.74, 6) is 0.688. The molecule has 0 atom stereocenters. The summed E-state index contributed by atoms with van der Waals surface area (Å²) in [6.45, 7) is 8.23. The van der Waals surface area contributed by atoms with Crippen LogP contribution in [-0.4, -0.2) is 9.78 Å². The van der Waals surface area contributed by atoms with Crippen molar-refractivity contribution in [1.29, 1.82) is 0 Å². The van der Waals surface area contributed by atoms with E-state index in [1.165, 1.54) is 16.7 Å². The standard InChI is InChI=1S/C13H17N3/c1-8-5-9(2)13(10(3)6-8)16-12(14)7-11(4)15-16/h5-7H,14H2,1-4H3. The molecular formula is C13H17N3. The van der Waals surface area contributed by atoms with Crippen LogP contribution in [0.3, 0.4) is 0 Å². The minimum atomic E-state index is 0.688. The van der Waals surface area contributed by atoms with Gasteiger partial charge in [0.1, 0.15) is 5.82 Å². The zero-order valence-electron chi connectivity index (χ0n) is 10.2. The van der Waals surface area contributed by atoms with Gasteiger partial charge >= 0.3 is 0 Å². The number of benzene rings is 1. The molecule has 0 unspecified atom stereocenters. The first-order valence-corrected chi connectivity index (χ1v) is 5.39. The van der Waals surface area contributed by atoms with E-state index >= 15 is 0 Å². The second-order valence-electron chi connectivity index (χ2n) is 4.37. The lowest BCUT2D eigenvalue weighted by Gasteiger charge is -2.12. The Morgan fingerprint density at radius 3 is 2.00 bits per heavy atom. The van der Waals surface area contributed by atoms with E-state index in [9.17, 15) is 0 Å². The van der Waals surface area contributed by atoms with Gasteiger partial charge in [-0.05, 0) is 38.8 Å². The van der Waals surface area contributed by atoms with Gasteiger partial charge in [0.2, 0.25) is 0 Å². The Hall–Kier alpha value is -1.77. The normalized spacial score (nSPS) is 10.8. The highest BCUT2D eigenvalue weighted by atomic mass is 15.3. The van der Waals surface area contributed by atoms with E-state index in [1.807, 2.05) is 17.7 Å². The maximum absolute atomic E-state index is 5.95. The van der Waals surface area contributed by atoms with Crippen LogP contribution in [0.2, 0.25) is 0 Å². The van der Waals surface area contributed by atoms with Crippen molar-refractivity contribution in [2.24, 2.45) is 0 Å². The van der Waals surface area contributed by atoms with Crippen molar-refractivity contribution in [1.82, 2.24) is 9.78 Å². The van der Waals surface area contributed by atoms with Crippen molar-refractivity contribution >= 4 is 5.82 Å². The number of aryl methyl sites for hydroxylation is 4. The molecule has 0 aliphatic heterocycles. The molecule has 0 radical (unpaired) electrons. The number of hydrogen-bond acceptors (Lipinski definition) is 2. The van der Waals surface area contributed by atoms with Crippen LogP contribution in [0.5, 0.6) is 0 Å². The van der Waals surface area contributed by atoms with E-state index in [4.69, 9.17) is 5.73 Å². The van der Waals surface area contributed by atoms with E-state index in [-0.39, 0.29) is 0 Å². The molecule has 0 aliphatic carbocycles. The Morgan fingerprint density at radius 2 is 1.56 bits per heavy atom. The molecule has 0 amide bonds. The molecule has 0 saturated carbocycles. The summed E-state index contributed by atoms with van der Waals surface area (Å²) >= 11 is 0. The van der Waals surface area contributed by atoms with Gasteiger partial charge in [-0.2, -0.15) is 5.10 Å². The molecule has 1 aromatic carbocycles. The summed E-state index contributed by atoms with van der Waals surface area (Å²) in [4.78, 5) is 0. The lowest BCUT2D eigenvalue weighted by atomic mass is 10.1. The number of hydrogen-bond donors (Lipinski definition) is 1. The Balaban J connectivity index is 2.69. The van der Waals surface area contributed by atoms with Crippen molar-refractivity contribution in [3.05, 3.63) is 40.6 Å². The molecule has 1 aromatic heterocycles. The zero-order chi connectivity index (χ0) is 11.9. The first kappa shape index (κ1) is 10.7. The van der Waals surface area contributed by atoms with Crippen molar-refractivity contribution in [2.45, 2.75) is 27.7 Å². The monoisotopic (exact) mass is 215 g/mol. The van der Waals surface area contributed by atoms with Gasteiger partial charge in [0.05, 0.1) is 11.4 Å². The van der Waals surface area contributed by atoms with Gasteiger partial charge in [-0.1, -0.05) is 17.7 Å². The van der Waals surface area contributed by atoms with E-state index in [1.54, 1.807) is 0 Å². The minimum Gasteiger partial charge on any atom is -0.384 e. The number of aromatic nitrogens is 2. The van der Waals surface area contributed by atoms with E-state index < -0.39 is 0 Å². The maximum atomic E-state index is 5.95. The fourth-order valence-electron chi connectivity index (χ4n) is 2.21. The van der Waals surface area contributed by atoms with E-state index in [0.717, 1.165) is 11.4 Å². The average Bonchev–Trinajstić information content (AvgIpc) is 2.43. The highest BCUT2D eigenvalue weighted by Gasteiger charge is 2.10. The van der Waals surface area contributed by atoms with E-state index in [2.05, 4.69) is 38.0 Å². The number of nitrogen functional groups attached to an aromatic ring is 1. The lowest BCUT2D eigenvalue weighted by molar-refractivity contribution is 0.857. The van der Waals surface area contributed by atoms with Crippen LogP contribution in [0.4, 0.5) is 5.82 Å². The van der Waals surface area contributed by atoms with Crippen molar-refractivity contribution in [2.75, 3.05) is 5.73 Å². The third kappa shape index (κ3) is 1.69. The summed E-state index contributed by atoms with van der Waals surface area (Å²) in [6.07, 6.45) is 0. The van der Waals surface area contributed by atoms with Gasteiger partial charge in [-0.15, -0.1) is 0 Å². The molecular weight excluding hydrogens is 198 g/mol. The molecule has 2 aromatic rings. The topological polar surface area (TPSA) is 43.8 Å². The first-order chi connectivity index (χ1) is 7.49. The Kier molecular flexibility index (Phi) is 2.46. The van der Waals surface area contributed by atoms with Crippen LogP contribution >= 0.6 is 0 Å². The second-order valence-corrected chi connectivity index (χ2v) is 4.37. The molecule has 1 heterocycles. The fourth-order valence-corrected chi connectivity index (χ4v) is 2.21. The summed E-state index contributed by atoms with van der Waals surface area (Å²) < 4.78 is 1.82. The van der Waals surface area contributed by atoms with Crippen molar-refractivity contribution in [3.63, 3.8) is 0 Å². The molecule has 84 valence electrons. The molecule has 0 spiro atoms. The summed E-state index contributed by atoms with van der Waals surface area (Å²) in [5, 5.41) is 4.42. The molecule has 0 aliphatic rings. The van der Waals surface area contributed by atoms with Gasteiger partial charge < -0.3 is 5.73 Å². The molecule has 16 heavy (non-hydrogen) atoms. The van der Waals surface area contributed by atoms with Crippen LogP contribution < -0.4 is 5.73 Å². The highest BCUT2D eigenvalue weighted by Crippen LogP contribution is 2.23. The van der Waals surface area contributed by atoms with Crippen LogP contribution in [0.15, 0.2) is 18.2 Å². The first-order valence-electron chi connectivity index (χ1n) is 5.39. The average molecular weight is 215 g/mol. The number of anilines is 1. The number of nitrogens with zero attached hydrogens (tertiary/aromatic N) is 2. The van der Waals surface area contributed by atoms with Gasteiger partial charge in [-0.25, -0.2) is 4.68 Å². The number of rotatable bonds is 1. The molecule has 2 N–H and O–H groups in total. The lowest BCUT2D eigenvalue weighted by Crippen LogP contribution is -2.06. The quantitative estimate of drug-likeness (QED) is 0.794. The largest absolute Gasteiger partial charge is 0.384 e. The summed E-state index contributed by atoms with van der Waals surface area (Å²) in [5.41, 5.74) is 11.7. The molecule has 0 fully saturated rings. The molecule has 0 bridgehead atoms. The molecule has 3 heteroatoms. The third-order valence-electron chi connectivity index (χ3n) is 2.71. The Morgan fingerprint density at radius 1 is 1.00 bits per heavy atom. The second kappa shape index (κ2) is 3.67. The highest BCUT2D eigenvalue weighted by molar-refractivity contribution is 5.53. The minimum absolute atomic E-state index is 0.688. The van der Waals surface area contributed by atoms with Crippen LogP contribution in [-0.2, 0) is 0 Å². The Bertz CT molecular complexity index is 515. The predicted molar refractivity (Wildman–Crippen MR) is 66.9 cm³/mol. The summed E-state index contributed by atoms with van der Waals surface area (Å²) in [6, 6.07) is 6.19. The third-order valence-corrected chi connectivity index (χ3v) is 2.71. The maximum Gasteiger partial charge on any atom is 0.127 e. The molecule has 0 saturated heterocycles. The smallest absolute Gasteiger partial charge is 0.127 e. The number of nitrogens with two attached hydrogens (primary N) is 1. The van der Waals surface area contributed by atoms with Gasteiger partial charge in [0, 0.05) is 6.07 Å². The predicted octanol–water partition coefficient (Wildman–Crippen LogP) is 2.69. The fraction of sp³-hybridized carbons (Fsp3) is 0.308. The zero-order valence-corrected chi connectivity index (χ0v) is 10.2. The van der Waals surface area contributed by atoms with Crippen LogP contribution in [0.25, 0.3) is 5.69 Å². The van der Waals surface area contributed by atoms with Crippen molar-refractivity contribution in [3.8, 4) is 5.69 Å². The van der Waals surface area contributed by atoms with E-state index in [0.29, 0.717) is 5.82 Å². The summed E-state index contributed by atoms with van der Waals surface area (Å²) in [7, 11) is 0. The molecule has 2 rings (SSSR count).